The highest BCUT2D eigenvalue weighted by molar-refractivity contribution is 7.03. The number of amides is 1. The predicted molar refractivity (Wildman–Crippen MR) is 145 cm³/mol. The van der Waals surface area contributed by atoms with Gasteiger partial charge >= 0.3 is 5.97 Å². The second kappa shape index (κ2) is 9.87. The van der Waals surface area contributed by atoms with Gasteiger partial charge in [0.1, 0.15) is 11.5 Å². The van der Waals surface area contributed by atoms with Gasteiger partial charge in [-0.25, -0.2) is 4.79 Å². The molecule has 2 N–H and O–H groups in total. The molecule has 0 fully saturated rings. The van der Waals surface area contributed by atoms with Crippen LogP contribution >= 0.6 is 11.5 Å². The molecular weight excluding hydrogens is 498 g/mol. The zero-order chi connectivity index (χ0) is 26.1. The number of nitrogens with zero attached hydrogens (tertiary/aromatic N) is 4. The number of aromatic carboxylic acids is 1. The van der Waals surface area contributed by atoms with Crippen LogP contribution in [0, 0.1) is 0 Å². The van der Waals surface area contributed by atoms with E-state index in [0.717, 1.165) is 33.2 Å². The summed E-state index contributed by atoms with van der Waals surface area (Å²) in [6.07, 6.45) is 0.499. The van der Waals surface area contributed by atoms with Gasteiger partial charge in [0.25, 0.3) is 5.91 Å². The smallest absolute Gasteiger partial charge is 0.335 e. The molecule has 9 heteroatoms. The first-order chi connectivity index (χ1) is 18.5. The van der Waals surface area contributed by atoms with E-state index in [0.29, 0.717) is 23.6 Å². The van der Waals surface area contributed by atoms with Crippen molar-refractivity contribution in [3.05, 3.63) is 119 Å². The number of hydrogen-bond donors (Lipinski definition) is 2. The molecule has 0 atom stereocenters. The van der Waals surface area contributed by atoms with Gasteiger partial charge in [-0.05, 0) is 63.8 Å². The Morgan fingerprint density at radius 1 is 0.868 bits per heavy atom. The van der Waals surface area contributed by atoms with Gasteiger partial charge in [0.05, 0.1) is 11.3 Å². The summed E-state index contributed by atoms with van der Waals surface area (Å²) in [6, 6.07) is 26.4. The highest BCUT2D eigenvalue weighted by Crippen LogP contribution is 2.24. The van der Waals surface area contributed by atoms with Crippen LogP contribution in [0.2, 0.25) is 0 Å². The molecule has 0 unspecified atom stereocenters. The molecule has 8 nitrogen and oxygen atoms in total. The first-order valence-electron chi connectivity index (χ1n) is 11.9. The number of benzene rings is 3. The van der Waals surface area contributed by atoms with Crippen LogP contribution < -0.4 is 5.32 Å². The van der Waals surface area contributed by atoms with Crippen LogP contribution in [0.1, 0.15) is 37.8 Å². The fourth-order valence-corrected chi connectivity index (χ4v) is 4.97. The van der Waals surface area contributed by atoms with Crippen molar-refractivity contribution in [3.8, 4) is 11.3 Å². The summed E-state index contributed by atoms with van der Waals surface area (Å²) in [6.45, 7) is 0.239. The lowest BCUT2D eigenvalue weighted by Gasteiger charge is -2.11. The molecule has 0 bridgehead atoms. The summed E-state index contributed by atoms with van der Waals surface area (Å²) >= 11 is 1.34. The molecule has 6 rings (SSSR count). The van der Waals surface area contributed by atoms with Crippen LogP contribution in [0.3, 0.4) is 0 Å². The summed E-state index contributed by atoms with van der Waals surface area (Å²) in [4.78, 5) is 24.6. The van der Waals surface area contributed by atoms with Crippen molar-refractivity contribution < 1.29 is 14.7 Å². The Balaban J connectivity index is 1.35. The highest BCUT2D eigenvalue weighted by Gasteiger charge is 2.19. The van der Waals surface area contributed by atoms with Crippen molar-refractivity contribution in [3.63, 3.8) is 0 Å². The van der Waals surface area contributed by atoms with Gasteiger partial charge in [0, 0.05) is 23.9 Å². The van der Waals surface area contributed by atoms with E-state index in [9.17, 15) is 9.59 Å². The zero-order valence-corrected chi connectivity index (χ0v) is 20.9. The SMILES string of the molecule is O=C(O)c1ccc(CNC(=O)c2cc(-c3ccsn3)cc3nnc(Cc4ccc5ccccc5c4)n23)cc1. The minimum atomic E-state index is -0.992. The van der Waals surface area contributed by atoms with Crippen LogP contribution in [-0.2, 0) is 13.0 Å². The fourth-order valence-electron chi connectivity index (χ4n) is 4.44. The molecule has 0 spiro atoms. The minimum Gasteiger partial charge on any atom is -0.478 e. The van der Waals surface area contributed by atoms with Gasteiger partial charge in [-0.15, -0.1) is 10.2 Å². The zero-order valence-electron chi connectivity index (χ0n) is 20.0. The molecule has 0 aliphatic carbocycles. The molecule has 0 saturated carbocycles. The molecule has 1 amide bonds. The van der Waals surface area contributed by atoms with Crippen LogP contribution in [0.15, 0.2) is 90.3 Å². The summed E-state index contributed by atoms with van der Waals surface area (Å²) in [5.74, 6) is -0.640. The number of carboxylic acids is 1. The molecule has 38 heavy (non-hydrogen) atoms. The van der Waals surface area contributed by atoms with E-state index in [1.165, 1.54) is 23.7 Å². The van der Waals surface area contributed by atoms with E-state index in [1.54, 1.807) is 22.6 Å². The summed E-state index contributed by atoms with van der Waals surface area (Å²) in [5.41, 5.74) is 4.53. The number of carbonyl (C=O) groups excluding carboxylic acids is 1. The Kier molecular flexibility index (Phi) is 6.11. The standard InChI is InChI=1S/C29H21N5O3S/c35-28(30-17-18-5-9-21(10-6-18)29(36)37)25-15-23(24-11-12-38-33-24)16-27-32-31-26(34(25)27)14-19-7-8-20-3-1-2-4-22(20)13-19/h1-13,15-16H,14,17H2,(H,30,35)(H,36,37). The van der Waals surface area contributed by atoms with Crippen molar-refractivity contribution in [1.29, 1.82) is 0 Å². The maximum absolute atomic E-state index is 13.5. The van der Waals surface area contributed by atoms with E-state index >= 15 is 0 Å². The lowest BCUT2D eigenvalue weighted by molar-refractivity contribution is 0.0696. The number of fused-ring (bicyclic) bond motifs is 2. The van der Waals surface area contributed by atoms with Crippen molar-refractivity contribution in [1.82, 2.24) is 24.3 Å². The van der Waals surface area contributed by atoms with Crippen molar-refractivity contribution >= 4 is 39.8 Å². The Labute approximate surface area is 221 Å². The van der Waals surface area contributed by atoms with Gasteiger partial charge in [-0.2, -0.15) is 4.37 Å². The number of pyridine rings is 1. The average molecular weight is 520 g/mol. The van der Waals surface area contributed by atoms with Crippen LogP contribution in [0.5, 0.6) is 0 Å². The van der Waals surface area contributed by atoms with Gasteiger partial charge < -0.3 is 10.4 Å². The Morgan fingerprint density at radius 2 is 1.66 bits per heavy atom. The van der Waals surface area contributed by atoms with E-state index in [2.05, 4.69) is 50.2 Å². The lowest BCUT2D eigenvalue weighted by Crippen LogP contribution is -2.25. The number of nitrogens with one attached hydrogen (secondary N) is 1. The van der Waals surface area contributed by atoms with E-state index < -0.39 is 5.97 Å². The monoisotopic (exact) mass is 519 g/mol. The fraction of sp³-hybridized carbons (Fsp3) is 0.0690. The van der Waals surface area contributed by atoms with Crippen LogP contribution in [0.25, 0.3) is 27.7 Å². The quantitative estimate of drug-likeness (QED) is 0.299. The Morgan fingerprint density at radius 3 is 2.42 bits per heavy atom. The highest BCUT2D eigenvalue weighted by atomic mass is 32.1. The molecule has 0 radical (unpaired) electrons. The number of aromatic nitrogens is 4. The summed E-state index contributed by atoms with van der Waals surface area (Å²) in [7, 11) is 0. The Hall–Kier alpha value is -4.89. The first kappa shape index (κ1) is 23.5. The normalized spacial score (nSPS) is 11.2. The topological polar surface area (TPSA) is 109 Å². The largest absolute Gasteiger partial charge is 0.478 e. The number of rotatable bonds is 7. The van der Waals surface area contributed by atoms with Gasteiger partial charge in [-0.1, -0.05) is 54.6 Å². The van der Waals surface area contributed by atoms with Crippen molar-refractivity contribution in [2.24, 2.45) is 0 Å². The summed E-state index contributed by atoms with van der Waals surface area (Å²) in [5, 5.41) is 25.1. The number of hydrogen-bond acceptors (Lipinski definition) is 6. The van der Waals surface area contributed by atoms with Gasteiger partial charge in [0.15, 0.2) is 5.65 Å². The molecule has 3 aromatic carbocycles. The minimum absolute atomic E-state index is 0.195. The molecule has 6 aromatic rings. The maximum Gasteiger partial charge on any atom is 0.335 e. The number of carbonyl (C=O) groups is 2. The predicted octanol–water partition coefficient (Wildman–Crippen LogP) is 5.23. The second-order valence-corrected chi connectivity index (χ2v) is 9.53. The average Bonchev–Trinajstić information content (AvgIpc) is 3.62. The third-order valence-corrected chi connectivity index (χ3v) is 6.93. The van der Waals surface area contributed by atoms with E-state index in [-0.39, 0.29) is 18.0 Å². The molecular formula is C29H21N5O3S. The third-order valence-electron chi connectivity index (χ3n) is 6.37. The molecule has 0 saturated heterocycles. The molecule has 3 heterocycles. The van der Waals surface area contributed by atoms with Gasteiger partial charge in [0.2, 0.25) is 0 Å². The summed E-state index contributed by atoms with van der Waals surface area (Å²) < 4.78 is 6.20. The van der Waals surface area contributed by atoms with Crippen molar-refractivity contribution in [2.45, 2.75) is 13.0 Å². The molecule has 3 aromatic heterocycles. The van der Waals surface area contributed by atoms with Crippen LogP contribution in [-0.4, -0.2) is 36.0 Å². The molecule has 186 valence electrons. The molecule has 0 aliphatic rings. The maximum atomic E-state index is 13.5. The van der Waals surface area contributed by atoms with Crippen LogP contribution in [0.4, 0.5) is 0 Å². The second-order valence-electron chi connectivity index (χ2n) is 8.87. The molecule has 0 aliphatic heterocycles. The van der Waals surface area contributed by atoms with E-state index in [4.69, 9.17) is 5.11 Å². The number of carboxylic acid groups (broad SMARTS) is 1. The van der Waals surface area contributed by atoms with Crippen molar-refractivity contribution in [2.75, 3.05) is 0 Å². The Bertz CT molecular complexity index is 1790. The third kappa shape index (κ3) is 4.62. The lowest BCUT2D eigenvalue weighted by atomic mass is 10.0. The van der Waals surface area contributed by atoms with E-state index in [1.807, 2.05) is 29.6 Å². The first-order valence-corrected chi connectivity index (χ1v) is 12.8. The van der Waals surface area contributed by atoms with Gasteiger partial charge in [-0.3, -0.25) is 9.20 Å².